The summed E-state index contributed by atoms with van der Waals surface area (Å²) in [5.74, 6) is 1.24. The third-order valence-corrected chi connectivity index (χ3v) is 5.04. The van der Waals surface area contributed by atoms with Gasteiger partial charge in [0.15, 0.2) is 0 Å². The number of fused-ring (bicyclic) bond motifs is 1. The molecule has 5 heteroatoms. The van der Waals surface area contributed by atoms with Crippen LogP contribution in [0.1, 0.15) is 47.3 Å². The predicted octanol–water partition coefficient (Wildman–Crippen LogP) is 4.47. The van der Waals surface area contributed by atoms with Crippen LogP contribution in [0.4, 0.5) is 5.82 Å². The fourth-order valence-electron chi connectivity index (χ4n) is 3.16. The quantitative estimate of drug-likeness (QED) is 0.770. The Balaban J connectivity index is 1.63. The van der Waals surface area contributed by atoms with Crippen molar-refractivity contribution in [2.45, 2.75) is 39.7 Å². The van der Waals surface area contributed by atoms with Crippen LogP contribution in [-0.2, 0) is 0 Å². The van der Waals surface area contributed by atoms with Crippen LogP contribution < -0.4 is 5.32 Å². The summed E-state index contributed by atoms with van der Waals surface area (Å²) in [6.45, 7) is 6.23. The van der Waals surface area contributed by atoms with Gasteiger partial charge in [-0.25, -0.2) is 4.68 Å². The van der Waals surface area contributed by atoms with Crippen LogP contribution in [0, 0.1) is 19.8 Å². The van der Waals surface area contributed by atoms with E-state index in [1.807, 2.05) is 36.7 Å². The van der Waals surface area contributed by atoms with Crippen LogP contribution in [0.5, 0.6) is 0 Å². The minimum Gasteiger partial charge on any atom is -0.463 e. The maximum Gasteiger partial charge on any atom is 0.260 e. The van der Waals surface area contributed by atoms with Gasteiger partial charge in [-0.15, -0.1) is 0 Å². The van der Waals surface area contributed by atoms with Crippen molar-refractivity contribution < 1.29 is 9.21 Å². The van der Waals surface area contributed by atoms with E-state index in [1.54, 1.807) is 6.20 Å². The molecule has 0 radical (unpaired) electrons. The molecule has 1 saturated carbocycles. The van der Waals surface area contributed by atoms with Crippen molar-refractivity contribution in [3.63, 3.8) is 0 Å². The van der Waals surface area contributed by atoms with Gasteiger partial charge in [-0.3, -0.25) is 4.79 Å². The van der Waals surface area contributed by atoms with Crippen LogP contribution in [0.3, 0.4) is 0 Å². The molecule has 1 aliphatic rings. The highest BCUT2D eigenvalue weighted by molar-refractivity contribution is 6.12. The first kappa shape index (κ1) is 15.0. The maximum atomic E-state index is 12.7. The van der Waals surface area contributed by atoms with E-state index >= 15 is 0 Å². The third kappa shape index (κ3) is 2.50. The predicted molar refractivity (Wildman–Crippen MR) is 93.3 cm³/mol. The second-order valence-electron chi connectivity index (χ2n) is 6.78. The number of amides is 1. The van der Waals surface area contributed by atoms with Crippen molar-refractivity contribution in [3.05, 3.63) is 47.3 Å². The molecule has 5 nitrogen and oxygen atoms in total. The van der Waals surface area contributed by atoms with Gasteiger partial charge >= 0.3 is 0 Å². The summed E-state index contributed by atoms with van der Waals surface area (Å²) in [6, 6.07) is 6.13. The fraction of sp³-hybridized carbons (Fsp3) is 0.368. The van der Waals surface area contributed by atoms with Crippen molar-refractivity contribution in [1.82, 2.24) is 9.78 Å². The Hall–Kier alpha value is -2.56. The number of carbonyl (C=O) groups excluding carboxylic acids is 1. The van der Waals surface area contributed by atoms with E-state index in [9.17, 15) is 4.79 Å². The van der Waals surface area contributed by atoms with E-state index in [-0.39, 0.29) is 5.91 Å². The zero-order chi connectivity index (χ0) is 16.8. The van der Waals surface area contributed by atoms with Crippen molar-refractivity contribution in [1.29, 1.82) is 0 Å². The minimum atomic E-state index is -0.165. The zero-order valence-corrected chi connectivity index (χ0v) is 14.2. The van der Waals surface area contributed by atoms with Crippen molar-refractivity contribution in [3.8, 4) is 0 Å². The van der Waals surface area contributed by atoms with Crippen LogP contribution in [0.15, 0.2) is 35.1 Å². The molecule has 0 saturated heterocycles. The summed E-state index contributed by atoms with van der Waals surface area (Å²) in [5.41, 5.74) is 3.59. The van der Waals surface area contributed by atoms with E-state index in [2.05, 4.69) is 17.3 Å². The number of nitrogens with one attached hydrogen (secondary N) is 1. The average Bonchev–Trinajstić information content (AvgIpc) is 3.18. The van der Waals surface area contributed by atoms with Gasteiger partial charge in [0, 0.05) is 11.5 Å². The number of benzene rings is 1. The number of furan rings is 1. The number of nitrogens with zero attached hydrogens (tertiary/aromatic N) is 2. The van der Waals surface area contributed by atoms with E-state index in [4.69, 9.17) is 4.42 Å². The Morgan fingerprint density at radius 1 is 1.33 bits per heavy atom. The second kappa shape index (κ2) is 5.51. The zero-order valence-electron chi connectivity index (χ0n) is 14.2. The molecular formula is C19H21N3O2. The largest absolute Gasteiger partial charge is 0.463 e. The van der Waals surface area contributed by atoms with Gasteiger partial charge in [0.05, 0.1) is 17.8 Å². The monoisotopic (exact) mass is 323 g/mol. The normalized spacial score (nSPS) is 15.6. The summed E-state index contributed by atoms with van der Waals surface area (Å²) in [7, 11) is 0. The number of rotatable bonds is 4. The van der Waals surface area contributed by atoms with Gasteiger partial charge in [0.25, 0.3) is 5.91 Å². The molecule has 3 aromatic rings. The Morgan fingerprint density at radius 3 is 2.83 bits per heavy atom. The Kier molecular flexibility index (Phi) is 3.44. The Bertz CT molecular complexity index is 918. The molecule has 1 N–H and O–H groups in total. The van der Waals surface area contributed by atoms with Crippen molar-refractivity contribution >= 4 is 22.7 Å². The van der Waals surface area contributed by atoms with E-state index < -0.39 is 0 Å². The van der Waals surface area contributed by atoms with Gasteiger partial charge in [-0.05, 0) is 62.8 Å². The molecule has 1 aliphatic carbocycles. The molecule has 4 rings (SSSR count). The third-order valence-electron chi connectivity index (χ3n) is 5.04. The number of anilines is 1. The minimum absolute atomic E-state index is 0.165. The lowest BCUT2D eigenvalue weighted by molar-refractivity contribution is 0.102. The molecule has 0 bridgehead atoms. The highest BCUT2D eigenvalue weighted by Gasteiger charge is 2.31. The summed E-state index contributed by atoms with van der Waals surface area (Å²) >= 11 is 0. The van der Waals surface area contributed by atoms with Gasteiger partial charge in [0.2, 0.25) is 0 Å². The summed E-state index contributed by atoms with van der Waals surface area (Å²) in [5, 5.41) is 8.21. The molecule has 124 valence electrons. The van der Waals surface area contributed by atoms with Crippen molar-refractivity contribution in [2.75, 3.05) is 5.32 Å². The van der Waals surface area contributed by atoms with E-state index in [0.29, 0.717) is 17.5 Å². The molecule has 1 atom stereocenters. The Morgan fingerprint density at radius 2 is 2.08 bits per heavy atom. The SMILES string of the molecule is Cc1cc2occ(C(=O)Nc3ccnn3C(C)C3CC3)c2cc1C. The average molecular weight is 323 g/mol. The molecule has 24 heavy (non-hydrogen) atoms. The van der Waals surface area contributed by atoms with Gasteiger partial charge < -0.3 is 9.73 Å². The lowest BCUT2D eigenvalue weighted by Gasteiger charge is -2.15. The van der Waals surface area contributed by atoms with E-state index in [0.717, 1.165) is 27.9 Å². The van der Waals surface area contributed by atoms with Crippen LogP contribution in [0.25, 0.3) is 11.0 Å². The molecule has 1 aromatic carbocycles. The first-order valence-corrected chi connectivity index (χ1v) is 8.38. The Labute approximate surface area is 140 Å². The second-order valence-corrected chi connectivity index (χ2v) is 6.78. The smallest absolute Gasteiger partial charge is 0.260 e. The van der Waals surface area contributed by atoms with Crippen molar-refractivity contribution in [2.24, 2.45) is 5.92 Å². The molecule has 1 fully saturated rings. The number of aromatic nitrogens is 2. The first-order chi connectivity index (χ1) is 11.5. The van der Waals surface area contributed by atoms with Gasteiger partial charge in [0.1, 0.15) is 17.7 Å². The van der Waals surface area contributed by atoms with Crippen LogP contribution in [0.2, 0.25) is 0 Å². The molecule has 0 spiro atoms. The molecular weight excluding hydrogens is 302 g/mol. The molecule has 1 amide bonds. The molecule has 1 unspecified atom stereocenters. The topological polar surface area (TPSA) is 60.1 Å². The van der Waals surface area contributed by atoms with Crippen LogP contribution in [-0.4, -0.2) is 15.7 Å². The number of hydrogen-bond donors (Lipinski definition) is 1. The standard InChI is InChI=1S/C19H21N3O2/c1-11-8-15-16(10-24-17(15)9-12(11)2)19(23)21-18-6-7-20-22(18)13(3)14-4-5-14/h6-10,13-14H,4-5H2,1-3H3,(H,21,23). The van der Waals surface area contributed by atoms with E-state index in [1.165, 1.54) is 19.1 Å². The molecule has 2 aromatic heterocycles. The summed E-state index contributed by atoms with van der Waals surface area (Å²) < 4.78 is 7.48. The van der Waals surface area contributed by atoms with Gasteiger partial charge in [-0.1, -0.05) is 0 Å². The highest BCUT2D eigenvalue weighted by atomic mass is 16.3. The fourth-order valence-corrected chi connectivity index (χ4v) is 3.16. The molecule has 2 heterocycles. The summed E-state index contributed by atoms with van der Waals surface area (Å²) in [4.78, 5) is 12.7. The first-order valence-electron chi connectivity index (χ1n) is 8.38. The molecule has 0 aliphatic heterocycles. The highest BCUT2D eigenvalue weighted by Crippen LogP contribution is 2.40. The van der Waals surface area contributed by atoms with Crippen LogP contribution >= 0.6 is 0 Å². The lowest BCUT2D eigenvalue weighted by atomic mass is 10.1. The number of aryl methyl sites for hydroxylation is 2. The van der Waals surface area contributed by atoms with Gasteiger partial charge in [-0.2, -0.15) is 5.10 Å². The summed E-state index contributed by atoms with van der Waals surface area (Å²) in [6.07, 6.45) is 5.73. The number of hydrogen-bond acceptors (Lipinski definition) is 3. The number of carbonyl (C=O) groups is 1. The lowest BCUT2D eigenvalue weighted by Crippen LogP contribution is -2.18. The maximum absolute atomic E-state index is 12.7.